The van der Waals surface area contributed by atoms with E-state index in [2.05, 4.69) is 43.4 Å². The summed E-state index contributed by atoms with van der Waals surface area (Å²) in [6.45, 7) is 15.4. The number of alkyl carbamates (subject to hydrolysis) is 1. The second kappa shape index (κ2) is 8.22. The molecule has 1 amide bonds. The molecule has 6 heteroatoms. The smallest absolute Gasteiger partial charge is 0.407 e. The first-order chi connectivity index (χ1) is 10.6. The standard InChI is InChI=1S/C17H32N4O2/c1-12(2)14(9-19-16(22)23-17(5,6)7)8-18-15-10-20-21(11-15)13(3)4/h10-14,18H,8-9H2,1-7H3,(H,19,22). The van der Waals surface area contributed by atoms with Crippen molar-refractivity contribution in [1.29, 1.82) is 0 Å². The molecule has 1 unspecified atom stereocenters. The predicted molar refractivity (Wildman–Crippen MR) is 93.7 cm³/mol. The van der Waals surface area contributed by atoms with Crippen LogP contribution in [0, 0.1) is 11.8 Å². The van der Waals surface area contributed by atoms with E-state index in [0.29, 0.717) is 24.4 Å². The quantitative estimate of drug-likeness (QED) is 0.803. The zero-order valence-corrected chi connectivity index (χ0v) is 15.5. The van der Waals surface area contributed by atoms with Crippen molar-refractivity contribution in [3.63, 3.8) is 0 Å². The van der Waals surface area contributed by atoms with Crippen molar-refractivity contribution < 1.29 is 9.53 Å². The van der Waals surface area contributed by atoms with Gasteiger partial charge in [-0.3, -0.25) is 4.68 Å². The molecule has 0 aliphatic rings. The van der Waals surface area contributed by atoms with E-state index < -0.39 is 5.60 Å². The molecule has 1 heterocycles. The second-order valence-corrected chi connectivity index (χ2v) is 7.57. The van der Waals surface area contributed by atoms with Crippen molar-refractivity contribution in [3.8, 4) is 0 Å². The van der Waals surface area contributed by atoms with Crippen molar-refractivity contribution in [2.75, 3.05) is 18.4 Å². The lowest BCUT2D eigenvalue weighted by atomic mass is 9.96. The van der Waals surface area contributed by atoms with E-state index in [1.165, 1.54) is 0 Å². The van der Waals surface area contributed by atoms with Gasteiger partial charge < -0.3 is 15.4 Å². The van der Waals surface area contributed by atoms with E-state index in [4.69, 9.17) is 4.74 Å². The minimum atomic E-state index is -0.471. The maximum Gasteiger partial charge on any atom is 0.407 e. The summed E-state index contributed by atoms with van der Waals surface area (Å²) in [4.78, 5) is 11.8. The average Bonchev–Trinajstić information content (AvgIpc) is 2.85. The van der Waals surface area contributed by atoms with Crippen molar-refractivity contribution in [2.24, 2.45) is 11.8 Å². The van der Waals surface area contributed by atoms with Gasteiger partial charge in [-0.05, 0) is 46.5 Å². The molecule has 0 aliphatic carbocycles. The Morgan fingerprint density at radius 3 is 2.39 bits per heavy atom. The molecule has 0 aliphatic heterocycles. The van der Waals surface area contributed by atoms with E-state index in [1.54, 1.807) is 0 Å². The summed E-state index contributed by atoms with van der Waals surface area (Å²) in [6.07, 6.45) is 3.47. The molecular formula is C17H32N4O2. The Balaban J connectivity index is 2.47. The molecule has 0 bridgehead atoms. The van der Waals surface area contributed by atoms with Gasteiger partial charge in [0.15, 0.2) is 0 Å². The van der Waals surface area contributed by atoms with Gasteiger partial charge >= 0.3 is 6.09 Å². The van der Waals surface area contributed by atoms with E-state index in [1.807, 2.05) is 37.8 Å². The zero-order valence-electron chi connectivity index (χ0n) is 15.5. The topological polar surface area (TPSA) is 68.2 Å². The van der Waals surface area contributed by atoms with Crippen LogP contribution in [-0.4, -0.2) is 34.6 Å². The van der Waals surface area contributed by atoms with Crippen LogP contribution in [0.1, 0.15) is 54.5 Å². The van der Waals surface area contributed by atoms with Crippen LogP contribution in [0.3, 0.4) is 0 Å². The number of nitrogens with zero attached hydrogens (tertiary/aromatic N) is 2. The van der Waals surface area contributed by atoms with Gasteiger partial charge in [0.25, 0.3) is 0 Å². The van der Waals surface area contributed by atoms with Gasteiger partial charge in [0.1, 0.15) is 5.60 Å². The summed E-state index contributed by atoms with van der Waals surface area (Å²) in [5, 5.41) is 10.6. The molecule has 0 saturated heterocycles. The number of carbonyl (C=O) groups is 1. The zero-order chi connectivity index (χ0) is 17.6. The average molecular weight is 324 g/mol. The lowest BCUT2D eigenvalue weighted by molar-refractivity contribution is 0.0516. The molecule has 0 saturated carbocycles. The van der Waals surface area contributed by atoms with Crippen molar-refractivity contribution >= 4 is 11.8 Å². The highest BCUT2D eigenvalue weighted by atomic mass is 16.6. The summed E-state index contributed by atoms with van der Waals surface area (Å²) in [7, 11) is 0. The highest BCUT2D eigenvalue weighted by Crippen LogP contribution is 2.14. The van der Waals surface area contributed by atoms with Crippen molar-refractivity contribution in [3.05, 3.63) is 12.4 Å². The summed E-state index contributed by atoms with van der Waals surface area (Å²) < 4.78 is 7.20. The molecule has 0 aromatic carbocycles. The van der Waals surface area contributed by atoms with Gasteiger partial charge in [-0.25, -0.2) is 4.79 Å². The minimum absolute atomic E-state index is 0.310. The number of carbonyl (C=O) groups excluding carboxylic acids is 1. The molecule has 1 rings (SSSR count). The van der Waals surface area contributed by atoms with Gasteiger partial charge in [0.05, 0.1) is 11.9 Å². The predicted octanol–water partition coefficient (Wildman–Crippen LogP) is 3.67. The normalized spacial score (nSPS) is 13.3. The van der Waals surface area contributed by atoms with Crippen molar-refractivity contribution in [1.82, 2.24) is 15.1 Å². The van der Waals surface area contributed by atoms with Gasteiger partial charge in [-0.15, -0.1) is 0 Å². The maximum absolute atomic E-state index is 11.8. The number of anilines is 1. The molecule has 23 heavy (non-hydrogen) atoms. The molecule has 2 N–H and O–H groups in total. The Kier molecular flexibility index (Phi) is 6.91. The number of amides is 1. The highest BCUT2D eigenvalue weighted by Gasteiger charge is 2.19. The summed E-state index contributed by atoms with van der Waals surface area (Å²) in [5.41, 5.74) is 0.530. The van der Waals surface area contributed by atoms with E-state index in [0.717, 1.165) is 12.2 Å². The number of hydrogen-bond acceptors (Lipinski definition) is 4. The van der Waals surface area contributed by atoms with Crippen LogP contribution in [0.2, 0.25) is 0 Å². The fraction of sp³-hybridized carbons (Fsp3) is 0.765. The first kappa shape index (κ1) is 19.3. The van der Waals surface area contributed by atoms with Crippen LogP contribution in [0.25, 0.3) is 0 Å². The Bertz CT molecular complexity index is 489. The van der Waals surface area contributed by atoms with Gasteiger partial charge in [0.2, 0.25) is 0 Å². The first-order valence-electron chi connectivity index (χ1n) is 8.33. The number of rotatable bonds is 7. The lowest BCUT2D eigenvalue weighted by Crippen LogP contribution is -2.38. The van der Waals surface area contributed by atoms with Gasteiger partial charge in [0, 0.05) is 25.3 Å². The SMILES string of the molecule is CC(C)C(CNC(=O)OC(C)(C)C)CNc1cnn(C(C)C)c1. The summed E-state index contributed by atoms with van der Waals surface area (Å²) >= 11 is 0. The third kappa shape index (κ3) is 7.39. The molecule has 6 nitrogen and oxygen atoms in total. The molecular weight excluding hydrogens is 292 g/mol. The Morgan fingerprint density at radius 2 is 1.91 bits per heavy atom. The van der Waals surface area contributed by atoms with Crippen LogP contribution in [0.5, 0.6) is 0 Å². The Hall–Kier alpha value is -1.72. The van der Waals surface area contributed by atoms with Crippen LogP contribution in [-0.2, 0) is 4.74 Å². The molecule has 1 aromatic rings. The molecule has 0 spiro atoms. The molecule has 0 radical (unpaired) electrons. The van der Waals surface area contributed by atoms with Gasteiger partial charge in [-0.1, -0.05) is 13.8 Å². The van der Waals surface area contributed by atoms with Crippen molar-refractivity contribution in [2.45, 2.75) is 60.1 Å². The van der Waals surface area contributed by atoms with E-state index >= 15 is 0 Å². The van der Waals surface area contributed by atoms with Gasteiger partial charge in [-0.2, -0.15) is 5.10 Å². The first-order valence-corrected chi connectivity index (χ1v) is 8.33. The molecule has 0 fully saturated rings. The third-order valence-electron chi connectivity index (χ3n) is 3.55. The Labute approximate surface area is 140 Å². The summed E-state index contributed by atoms with van der Waals surface area (Å²) in [6, 6.07) is 0.347. The Morgan fingerprint density at radius 1 is 1.26 bits per heavy atom. The second-order valence-electron chi connectivity index (χ2n) is 7.57. The monoisotopic (exact) mass is 324 g/mol. The molecule has 1 aromatic heterocycles. The number of hydrogen-bond donors (Lipinski definition) is 2. The lowest BCUT2D eigenvalue weighted by Gasteiger charge is -2.24. The number of aromatic nitrogens is 2. The van der Waals surface area contributed by atoms with E-state index in [9.17, 15) is 4.79 Å². The van der Waals surface area contributed by atoms with Crippen LogP contribution < -0.4 is 10.6 Å². The van der Waals surface area contributed by atoms with E-state index in [-0.39, 0.29) is 6.09 Å². The largest absolute Gasteiger partial charge is 0.444 e. The third-order valence-corrected chi connectivity index (χ3v) is 3.55. The minimum Gasteiger partial charge on any atom is -0.444 e. The van der Waals surface area contributed by atoms with Crippen LogP contribution in [0.15, 0.2) is 12.4 Å². The fourth-order valence-electron chi connectivity index (χ4n) is 2.03. The highest BCUT2D eigenvalue weighted by molar-refractivity contribution is 5.67. The molecule has 1 atom stereocenters. The van der Waals surface area contributed by atoms with Crippen LogP contribution in [0.4, 0.5) is 10.5 Å². The van der Waals surface area contributed by atoms with Crippen LogP contribution >= 0.6 is 0 Å². The number of nitrogens with one attached hydrogen (secondary N) is 2. The summed E-state index contributed by atoms with van der Waals surface area (Å²) in [5.74, 6) is 0.752. The number of ether oxygens (including phenoxy) is 1. The fourth-order valence-corrected chi connectivity index (χ4v) is 2.03. The maximum atomic E-state index is 11.8. The molecule has 132 valence electrons.